The summed E-state index contributed by atoms with van der Waals surface area (Å²) in [5, 5.41) is 0.0504. The second-order valence-corrected chi connectivity index (χ2v) is 3.26. The lowest BCUT2D eigenvalue weighted by atomic mass is 10.2. The fourth-order valence-corrected chi connectivity index (χ4v) is 1.52. The molecule has 0 N–H and O–H groups in total. The molecule has 1 aromatic heterocycles. The Bertz CT molecular complexity index is 331. The molecule has 0 aliphatic rings. The van der Waals surface area contributed by atoms with E-state index in [0.29, 0.717) is 0 Å². The molecule has 4 heteroatoms. The highest BCUT2D eigenvalue weighted by Gasteiger charge is 2.09. The third kappa shape index (κ3) is 2.10. The van der Waals surface area contributed by atoms with Crippen molar-refractivity contribution in [2.45, 2.75) is 32.7 Å². The first-order valence-corrected chi connectivity index (χ1v) is 4.81. The quantitative estimate of drug-likeness (QED) is 0.750. The Morgan fingerprint density at radius 3 is 2.69 bits per heavy atom. The van der Waals surface area contributed by atoms with Crippen molar-refractivity contribution < 1.29 is 0 Å². The van der Waals surface area contributed by atoms with Crippen LogP contribution in [0.5, 0.6) is 0 Å². The number of halogens is 1. The van der Waals surface area contributed by atoms with Gasteiger partial charge in [0.05, 0.1) is 0 Å². The van der Waals surface area contributed by atoms with Gasteiger partial charge in [-0.3, -0.25) is 4.79 Å². The first-order chi connectivity index (χ1) is 6.20. The zero-order valence-electron chi connectivity index (χ0n) is 7.83. The van der Waals surface area contributed by atoms with Crippen molar-refractivity contribution in [1.29, 1.82) is 0 Å². The fourth-order valence-electron chi connectivity index (χ4n) is 1.37. The van der Waals surface area contributed by atoms with E-state index < -0.39 is 0 Å². The predicted octanol–water partition coefficient (Wildman–Crippen LogP) is 2.26. The highest BCUT2D eigenvalue weighted by atomic mass is 35.5. The molecule has 0 fully saturated rings. The summed E-state index contributed by atoms with van der Waals surface area (Å²) < 4.78 is 1.65. The zero-order valence-corrected chi connectivity index (χ0v) is 8.58. The normalized spacial score (nSPS) is 10.8. The minimum atomic E-state index is -0.196. The van der Waals surface area contributed by atoms with Crippen molar-refractivity contribution in [2.24, 2.45) is 0 Å². The third-order valence-corrected chi connectivity index (χ3v) is 2.42. The summed E-state index contributed by atoms with van der Waals surface area (Å²) in [6, 6.07) is 0.230. The van der Waals surface area contributed by atoms with E-state index in [-0.39, 0.29) is 16.8 Å². The molecule has 0 radical (unpaired) electrons. The molecule has 1 aromatic rings. The average Bonchev–Trinajstić information content (AvgIpc) is 2.14. The maximum Gasteiger partial charge on any atom is 0.288 e. The molecule has 0 atom stereocenters. The topological polar surface area (TPSA) is 34.9 Å². The van der Waals surface area contributed by atoms with Crippen LogP contribution in [0.4, 0.5) is 0 Å². The largest absolute Gasteiger partial charge is 0.308 e. The molecular formula is C9H13ClN2O. The van der Waals surface area contributed by atoms with Gasteiger partial charge >= 0.3 is 0 Å². The Morgan fingerprint density at radius 1 is 1.54 bits per heavy atom. The molecule has 72 valence electrons. The molecule has 1 heterocycles. The van der Waals surface area contributed by atoms with E-state index >= 15 is 0 Å². The monoisotopic (exact) mass is 200 g/mol. The Kier molecular flexibility index (Phi) is 3.48. The Labute approximate surface area is 82.4 Å². The van der Waals surface area contributed by atoms with E-state index in [0.717, 1.165) is 12.8 Å². The van der Waals surface area contributed by atoms with Crippen LogP contribution in [-0.4, -0.2) is 9.55 Å². The molecule has 3 nitrogen and oxygen atoms in total. The van der Waals surface area contributed by atoms with Crippen LogP contribution in [0, 0.1) is 0 Å². The molecule has 0 unspecified atom stereocenters. The van der Waals surface area contributed by atoms with Crippen LogP contribution >= 0.6 is 11.6 Å². The van der Waals surface area contributed by atoms with Gasteiger partial charge in [-0.2, -0.15) is 0 Å². The summed E-state index contributed by atoms with van der Waals surface area (Å²) >= 11 is 5.63. The molecule has 0 bridgehead atoms. The summed E-state index contributed by atoms with van der Waals surface area (Å²) in [5.41, 5.74) is -0.196. The molecule has 0 spiro atoms. The van der Waals surface area contributed by atoms with Crippen molar-refractivity contribution >= 4 is 11.6 Å². The molecule has 0 aromatic carbocycles. The second kappa shape index (κ2) is 4.42. The zero-order chi connectivity index (χ0) is 9.84. The number of hydrogen-bond donors (Lipinski definition) is 0. The number of nitrogens with zero attached hydrogens (tertiary/aromatic N) is 2. The summed E-state index contributed by atoms with van der Waals surface area (Å²) in [5.74, 6) is 0. The Morgan fingerprint density at radius 2 is 2.15 bits per heavy atom. The van der Waals surface area contributed by atoms with Crippen LogP contribution in [0.2, 0.25) is 5.15 Å². The Hall–Kier alpha value is -0.830. The SMILES string of the molecule is CCC(CC)n1ccnc(Cl)c1=O. The van der Waals surface area contributed by atoms with Crippen molar-refractivity contribution in [3.8, 4) is 0 Å². The van der Waals surface area contributed by atoms with E-state index in [4.69, 9.17) is 11.6 Å². The first kappa shape index (κ1) is 10.3. The van der Waals surface area contributed by atoms with Gasteiger partial charge in [0, 0.05) is 18.4 Å². The smallest absolute Gasteiger partial charge is 0.288 e. The molecule has 0 amide bonds. The van der Waals surface area contributed by atoms with E-state index in [1.807, 2.05) is 0 Å². The van der Waals surface area contributed by atoms with Gasteiger partial charge in [0.1, 0.15) is 0 Å². The predicted molar refractivity (Wildman–Crippen MR) is 53.1 cm³/mol. The lowest BCUT2D eigenvalue weighted by Crippen LogP contribution is -2.24. The van der Waals surface area contributed by atoms with E-state index in [2.05, 4.69) is 18.8 Å². The molecule has 0 saturated carbocycles. The lowest BCUT2D eigenvalue weighted by molar-refractivity contribution is 0.456. The lowest BCUT2D eigenvalue weighted by Gasteiger charge is -2.15. The number of hydrogen-bond acceptors (Lipinski definition) is 2. The van der Waals surface area contributed by atoms with Gasteiger partial charge in [-0.15, -0.1) is 0 Å². The maximum atomic E-state index is 11.5. The number of rotatable bonds is 3. The minimum absolute atomic E-state index is 0.0504. The molecular weight excluding hydrogens is 188 g/mol. The van der Waals surface area contributed by atoms with Gasteiger partial charge in [-0.05, 0) is 12.8 Å². The van der Waals surface area contributed by atoms with E-state index in [1.54, 1.807) is 17.0 Å². The van der Waals surface area contributed by atoms with Gasteiger partial charge in [-0.1, -0.05) is 25.4 Å². The highest BCUT2D eigenvalue weighted by molar-refractivity contribution is 6.29. The van der Waals surface area contributed by atoms with Gasteiger partial charge in [0.15, 0.2) is 5.15 Å². The molecule has 13 heavy (non-hydrogen) atoms. The molecule has 1 rings (SSSR count). The van der Waals surface area contributed by atoms with Crippen LogP contribution in [0.3, 0.4) is 0 Å². The van der Waals surface area contributed by atoms with Crippen LogP contribution in [0.25, 0.3) is 0 Å². The number of aromatic nitrogens is 2. The standard InChI is InChI=1S/C9H13ClN2O/c1-3-7(4-2)12-6-5-11-8(10)9(12)13/h5-7H,3-4H2,1-2H3. The Balaban J connectivity index is 3.14. The fraction of sp³-hybridized carbons (Fsp3) is 0.556. The van der Waals surface area contributed by atoms with E-state index in [9.17, 15) is 4.79 Å². The van der Waals surface area contributed by atoms with Crippen LogP contribution in [-0.2, 0) is 0 Å². The maximum absolute atomic E-state index is 11.5. The molecule has 0 aliphatic heterocycles. The second-order valence-electron chi connectivity index (χ2n) is 2.90. The van der Waals surface area contributed by atoms with Gasteiger partial charge in [0.25, 0.3) is 5.56 Å². The van der Waals surface area contributed by atoms with Gasteiger partial charge in [0.2, 0.25) is 0 Å². The molecule has 0 aliphatic carbocycles. The van der Waals surface area contributed by atoms with Gasteiger partial charge in [-0.25, -0.2) is 4.98 Å². The average molecular weight is 201 g/mol. The van der Waals surface area contributed by atoms with Crippen LogP contribution < -0.4 is 5.56 Å². The summed E-state index contributed by atoms with van der Waals surface area (Å²) in [6.45, 7) is 4.10. The summed E-state index contributed by atoms with van der Waals surface area (Å²) in [7, 11) is 0. The summed E-state index contributed by atoms with van der Waals surface area (Å²) in [4.78, 5) is 15.2. The van der Waals surface area contributed by atoms with E-state index in [1.165, 1.54) is 0 Å². The summed E-state index contributed by atoms with van der Waals surface area (Å²) in [6.07, 6.45) is 5.10. The van der Waals surface area contributed by atoms with Crippen LogP contribution in [0.1, 0.15) is 32.7 Å². The first-order valence-electron chi connectivity index (χ1n) is 4.43. The third-order valence-electron chi connectivity index (χ3n) is 2.16. The van der Waals surface area contributed by atoms with Crippen LogP contribution in [0.15, 0.2) is 17.2 Å². The van der Waals surface area contributed by atoms with Crippen molar-refractivity contribution in [3.05, 3.63) is 27.9 Å². The van der Waals surface area contributed by atoms with Crippen molar-refractivity contribution in [2.75, 3.05) is 0 Å². The minimum Gasteiger partial charge on any atom is -0.308 e. The van der Waals surface area contributed by atoms with Crippen molar-refractivity contribution in [3.63, 3.8) is 0 Å². The van der Waals surface area contributed by atoms with Crippen molar-refractivity contribution in [1.82, 2.24) is 9.55 Å². The molecule has 0 saturated heterocycles. The van der Waals surface area contributed by atoms with Gasteiger partial charge < -0.3 is 4.57 Å². The highest BCUT2D eigenvalue weighted by Crippen LogP contribution is 2.12.